The highest BCUT2D eigenvalue weighted by molar-refractivity contribution is 6.42. The van der Waals surface area contributed by atoms with Crippen molar-refractivity contribution in [2.45, 2.75) is 19.5 Å². The minimum atomic E-state index is -0.200. The summed E-state index contributed by atoms with van der Waals surface area (Å²) >= 11 is 11.7. The molecule has 1 atom stereocenters. The van der Waals surface area contributed by atoms with E-state index in [9.17, 15) is 4.79 Å². The van der Waals surface area contributed by atoms with Gasteiger partial charge in [-0.3, -0.25) is 4.79 Å². The summed E-state index contributed by atoms with van der Waals surface area (Å²) in [7, 11) is 0. The highest BCUT2D eigenvalue weighted by atomic mass is 35.5. The van der Waals surface area contributed by atoms with Crippen LogP contribution in [0.3, 0.4) is 0 Å². The van der Waals surface area contributed by atoms with Crippen molar-refractivity contribution >= 4 is 29.1 Å². The van der Waals surface area contributed by atoms with E-state index >= 15 is 0 Å². The number of hydrogen-bond acceptors (Lipinski definition) is 3. The molecule has 2 rings (SSSR count). The zero-order valence-electron chi connectivity index (χ0n) is 11.4. The first-order valence-corrected chi connectivity index (χ1v) is 7.13. The number of carbonyl (C=O) groups excluding carboxylic acids is 1. The molecular formula is C14H15Cl2N3O2. The molecule has 21 heavy (non-hydrogen) atoms. The number of benzene rings is 1. The second-order valence-corrected chi connectivity index (χ2v) is 5.41. The first kappa shape index (κ1) is 15.7. The van der Waals surface area contributed by atoms with E-state index in [0.717, 1.165) is 0 Å². The number of halogens is 2. The van der Waals surface area contributed by atoms with Crippen molar-refractivity contribution in [1.29, 1.82) is 0 Å². The number of rotatable bonds is 6. The molecule has 2 aromatic rings. The maximum absolute atomic E-state index is 11.8. The van der Waals surface area contributed by atoms with Crippen molar-refractivity contribution in [2.75, 3.05) is 6.61 Å². The van der Waals surface area contributed by atoms with Gasteiger partial charge in [-0.2, -0.15) is 0 Å². The number of aromatic nitrogens is 2. The van der Waals surface area contributed by atoms with Gasteiger partial charge in [0.2, 0.25) is 0 Å². The van der Waals surface area contributed by atoms with Crippen LogP contribution >= 0.6 is 23.2 Å². The second-order valence-electron chi connectivity index (χ2n) is 4.59. The van der Waals surface area contributed by atoms with E-state index in [1.54, 1.807) is 30.7 Å². The maximum Gasteiger partial charge on any atom is 0.258 e. The van der Waals surface area contributed by atoms with Gasteiger partial charge in [-0.25, -0.2) is 4.98 Å². The first-order valence-electron chi connectivity index (χ1n) is 6.37. The summed E-state index contributed by atoms with van der Waals surface area (Å²) in [5.41, 5.74) is 0. The van der Waals surface area contributed by atoms with Crippen LogP contribution in [-0.4, -0.2) is 28.1 Å². The zero-order chi connectivity index (χ0) is 15.2. The molecule has 0 fully saturated rings. The predicted molar refractivity (Wildman–Crippen MR) is 81.8 cm³/mol. The van der Waals surface area contributed by atoms with Crippen LogP contribution in [0.2, 0.25) is 10.0 Å². The molecule has 0 aliphatic rings. The van der Waals surface area contributed by atoms with Crippen LogP contribution in [-0.2, 0) is 11.3 Å². The van der Waals surface area contributed by atoms with Crippen LogP contribution in [0, 0.1) is 0 Å². The molecule has 112 valence electrons. The molecule has 1 amide bonds. The monoisotopic (exact) mass is 327 g/mol. The molecule has 7 heteroatoms. The molecule has 0 unspecified atom stereocenters. The highest BCUT2D eigenvalue weighted by Crippen LogP contribution is 2.26. The van der Waals surface area contributed by atoms with Crippen LogP contribution in [0.25, 0.3) is 0 Å². The minimum absolute atomic E-state index is 0.0240. The molecule has 0 saturated carbocycles. The Hall–Kier alpha value is -1.72. The fraction of sp³-hybridized carbons (Fsp3) is 0.286. The van der Waals surface area contributed by atoms with E-state index in [0.29, 0.717) is 22.3 Å². The lowest BCUT2D eigenvalue weighted by Gasteiger charge is -2.14. The Labute approximate surface area is 132 Å². The van der Waals surface area contributed by atoms with E-state index in [4.69, 9.17) is 27.9 Å². The van der Waals surface area contributed by atoms with Gasteiger partial charge >= 0.3 is 0 Å². The van der Waals surface area contributed by atoms with Crippen LogP contribution < -0.4 is 10.1 Å². The van der Waals surface area contributed by atoms with Crippen molar-refractivity contribution in [2.24, 2.45) is 0 Å². The summed E-state index contributed by atoms with van der Waals surface area (Å²) < 4.78 is 7.26. The van der Waals surface area contributed by atoms with Gasteiger partial charge in [0.05, 0.1) is 16.4 Å². The molecule has 0 bridgehead atoms. The number of imidazole rings is 1. The van der Waals surface area contributed by atoms with Gasteiger partial charge in [-0.05, 0) is 19.1 Å². The molecule has 0 aliphatic carbocycles. The lowest BCUT2D eigenvalue weighted by atomic mass is 10.3. The average molecular weight is 328 g/mol. The van der Waals surface area contributed by atoms with Crippen LogP contribution in [0.4, 0.5) is 0 Å². The fourth-order valence-corrected chi connectivity index (χ4v) is 2.08. The largest absolute Gasteiger partial charge is 0.484 e. The smallest absolute Gasteiger partial charge is 0.258 e. The van der Waals surface area contributed by atoms with Crippen molar-refractivity contribution in [1.82, 2.24) is 14.9 Å². The Morgan fingerprint density at radius 1 is 1.43 bits per heavy atom. The highest BCUT2D eigenvalue weighted by Gasteiger charge is 2.09. The first-order chi connectivity index (χ1) is 10.0. The van der Waals surface area contributed by atoms with E-state index in [1.807, 2.05) is 17.7 Å². The number of ether oxygens (including phenoxy) is 1. The lowest BCUT2D eigenvalue weighted by Crippen LogP contribution is -2.38. The van der Waals surface area contributed by atoms with Crippen molar-refractivity contribution in [3.05, 3.63) is 47.0 Å². The van der Waals surface area contributed by atoms with E-state index in [2.05, 4.69) is 10.3 Å². The van der Waals surface area contributed by atoms with Gasteiger partial charge in [0.25, 0.3) is 5.91 Å². The van der Waals surface area contributed by atoms with Crippen LogP contribution in [0.1, 0.15) is 6.92 Å². The quantitative estimate of drug-likeness (QED) is 0.887. The van der Waals surface area contributed by atoms with Gasteiger partial charge < -0.3 is 14.6 Å². The second kappa shape index (κ2) is 7.33. The van der Waals surface area contributed by atoms with Crippen LogP contribution in [0.5, 0.6) is 5.75 Å². The average Bonchev–Trinajstić information content (AvgIpc) is 2.92. The van der Waals surface area contributed by atoms with Crippen molar-refractivity contribution in [3.8, 4) is 5.75 Å². The van der Waals surface area contributed by atoms with Crippen molar-refractivity contribution < 1.29 is 9.53 Å². The summed E-state index contributed by atoms with van der Waals surface area (Å²) in [4.78, 5) is 15.7. The van der Waals surface area contributed by atoms with E-state index in [-0.39, 0.29) is 18.6 Å². The molecule has 1 aromatic carbocycles. The molecule has 0 radical (unpaired) electrons. The maximum atomic E-state index is 11.8. The summed E-state index contributed by atoms with van der Waals surface area (Å²) in [6.45, 7) is 2.49. The molecule has 0 spiro atoms. The number of nitrogens with one attached hydrogen (secondary N) is 1. The van der Waals surface area contributed by atoms with Gasteiger partial charge in [0.15, 0.2) is 6.61 Å². The number of amides is 1. The van der Waals surface area contributed by atoms with Gasteiger partial charge in [-0.15, -0.1) is 0 Å². The standard InChI is InChI=1S/C14H15Cl2N3O2/c1-10(7-19-5-4-17-9-19)18-14(20)8-21-11-2-3-12(15)13(16)6-11/h2-6,9-10H,7-8H2,1H3,(H,18,20)/t10-/m1/s1. The molecule has 1 N–H and O–H groups in total. The van der Waals surface area contributed by atoms with Crippen molar-refractivity contribution in [3.63, 3.8) is 0 Å². The Balaban J connectivity index is 1.77. The molecular weight excluding hydrogens is 313 g/mol. The summed E-state index contributed by atoms with van der Waals surface area (Å²) in [6.07, 6.45) is 5.24. The van der Waals surface area contributed by atoms with Crippen LogP contribution in [0.15, 0.2) is 36.9 Å². The SMILES string of the molecule is C[C@H](Cn1ccnc1)NC(=O)COc1ccc(Cl)c(Cl)c1. The Bertz CT molecular complexity index is 602. The number of hydrogen-bond donors (Lipinski definition) is 1. The Kier molecular flexibility index (Phi) is 5.47. The number of carbonyl (C=O) groups is 1. The Morgan fingerprint density at radius 2 is 2.24 bits per heavy atom. The van der Waals surface area contributed by atoms with E-state index < -0.39 is 0 Å². The normalized spacial score (nSPS) is 12.0. The third-order valence-electron chi connectivity index (χ3n) is 2.71. The lowest BCUT2D eigenvalue weighted by molar-refractivity contribution is -0.123. The fourth-order valence-electron chi connectivity index (χ4n) is 1.79. The minimum Gasteiger partial charge on any atom is -0.484 e. The molecule has 1 heterocycles. The molecule has 1 aromatic heterocycles. The third kappa shape index (κ3) is 4.95. The predicted octanol–water partition coefficient (Wildman–Crippen LogP) is 2.77. The number of nitrogens with zero attached hydrogens (tertiary/aromatic N) is 2. The zero-order valence-corrected chi connectivity index (χ0v) is 12.9. The van der Waals surface area contributed by atoms with Gasteiger partial charge in [-0.1, -0.05) is 23.2 Å². The topological polar surface area (TPSA) is 56.2 Å². The van der Waals surface area contributed by atoms with Gasteiger partial charge in [0, 0.05) is 31.0 Å². The van der Waals surface area contributed by atoms with Gasteiger partial charge in [0.1, 0.15) is 5.75 Å². The molecule has 0 saturated heterocycles. The molecule has 5 nitrogen and oxygen atoms in total. The van der Waals surface area contributed by atoms with E-state index in [1.165, 1.54) is 0 Å². The molecule has 0 aliphatic heterocycles. The third-order valence-corrected chi connectivity index (χ3v) is 3.45. The summed E-state index contributed by atoms with van der Waals surface area (Å²) in [6, 6.07) is 4.84. The Morgan fingerprint density at radius 3 is 2.90 bits per heavy atom. The summed E-state index contributed by atoms with van der Waals surface area (Å²) in [5, 5.41) is 3.68. The summed E-state index contributed by atoms with van der Waals surface area (Å²) in [5.74, 6) is 0.301.